The summed E-state index contributed by atoms with van der Waals surface area (Å²) in [5.41, 5.74) is 0. The fourth-order valence-corrected chi connectivity index (χ4v) is 0.970. The number of nitrogens with one attached hydrogen (secondary N) is 2. The van der Waals surface area contributed by atoms with E-state index in [9.17, 15) is 18.0 Å². The van der Waals surface area contributed by atoms with Crippen molar-refractivity contribution >= 4 is 6.03 Å². The Morgan fingerprint density at radius 2 is 2.00 bits per heavy atom. The van der Waals surface area contributed by atoms with Crippen molar-refractivity contribution in [2.45, 2.75) is 31.5 Å². The zero-order valence-corrected chi connectivity index (χ0v) is 6.95. The SMILES string of the molecule is O=C(NCC(F)(F)F)NC1CCC1. The van der Waals surface area contributed by atoms with Crippen LogP contribution >= 0.6 is 0 Å². The molecule has 0 aliphatic heterocycles. The highest BCUT2D eigenvalue weighted by molar-refractivity contribution is 5.74. The summed E-state index contributed by atoms with van der Waals surface area (Å²) in [5.74, 6) is 0. The molecule has 0 bridgehead atoms. The number of urea groups is 1. The van der Waals surface area contributed by atoms with Gasteiger partial charge in [0.2, 0.25) is 0 Å². The van der Waals surface area contributed by atoms with E-state index in [1.54, 1.807) is 5.32 Å². The Kier molecular flexibility index (Phi) is 3.00. The monoisotopic (exact) mass is 196 g/mol. The van der Waals surface area contributed by atoms with Gasteiger partial charge >= 0.3 is 12.2 Å². The summed E-state index contributed by atoms with van der Waals surface area (Å²) in [6.07, 6.45) is -1.58. The van der Waals surface area contributed by atoms with Crippen molar-refractivity contribution in [2.24, 2.45) is 0 Å². The van der Waals surface area contributed by atoms with Crippen LogP contribution in [0.1, 0.15) is 19.3 Å². The van der Waals surface area contributed by atoms with E-state index >= 15 is 0 Å². The van der Waals surface area contributed by atoms with Crippen molar-refractivity contribution in [3.63, 3.8) is 0 Å². The van der Waals surface area contributed by atoms with Crippen molar-refractivity contribution in [3.8, 4) is 0 Å². The molecule has 13 heavy (non-hydrogen) atoms. The molecule has 0 aromatic heterocycles. The van der Waals surface area contributed by atoms with Crippen LogP contribution in [0.15, 0.2) is 0 Å². The van der Waals surface area contributed by atoms with Gasteiger partial charge in [-0.2, -0.15) is 13.2 Å². The fraction of sp³-hybridized carbons (Fsp3) is 0.857. The zero-order valence-electron chi connectivity index (χ0n) is 6.95. The second kappa shape index (κ2) is 3.85. The van der Waals surface area contributed by atoms with Gasteiger partial charge in [0.25, 0.3) is 0 Å². The zero-order chi connectivity index (χ0) is 9.90. The molecule has 1 aliphatic rings. The fourth-order valence-electron chi connectivity index (χ4n) is 0.970. The van der Waals surface area contributed by atoms with E-state index in [0.717, 1.165) is 19.3 Å². The van der Waals surface area contributed by atoms with Crippen molar-refractivity contribution in [1.82, 2.24) is 10.6 Å². The molecule has 0 aromatic carbocycles. The lowest BCUT2D eigenvalue weighted by atomic mass is 9.93. The summed E-state index contributed by atoms with van der Waals surface area (Å²) in [6, 6.07) is -0.671. The summed E-state index contributed by atoms with van der Waals surface area (Å²) >= 11 is 0. The molecule has 0 heterocycles. The topological polar surface area (TPSA) is 41.1 Å². The maximum absolute atomic E-state index is 11.6. The lowest BCUT2D eigenvalue weighted by molar-refractivity contribution is -0.122. The Bertz CT molecular complexity index is 189. The first kappa shape index (κ1) is 10.1. The minimum absolute atomic E-state index is 0.0632. The average molecular weight is 196 g/mol. The molecule has 3 nitrogen and oxygen atoms in total. The largest absolute Gasteiger partial charge is 0.405 e. The molecule has 0 spiro atoms. The third-order valence-electron chi connectivity index (χ3n) is 1.89. The summed E-state index contributed by atoms with van der Waals surface area (Å²) in [6.45, 7) is -1.27. The number of carbonyl (C=O) groups excluding carboxylic acids is 1. The lowest BCUT2D eigenvalue weighted by Crippen LogP contribution is -2.47. The van der Waals surface area contributed by atoms with Crippen LogP contribution in [0.2, 0.25) is 0 Å². The Morgan fingerprint density at radius 3 is 2.38 bits per heavy atom. The number of alkyl halides is 3. The molecule has 0 unspecified atom stereocenters. The molecule has 1 fully saturated rings. The van der Waals surface area contributed by atoms with E-state index < -0.39 is 18.8 Å². The van der Waals surface area contributed by atoms with Crippen molar-refractivity contribution in [2.75, 3.05) is 6.54 Å². The molecule has 0 aromatic rings. The predicted molar refractivity (Wildman–Crippen MR) is 40.2 cm³/mol. The third kappa shape index (κ3) is 4.00. The normalized spacial score (nSPS) is 17.8. The van der Waals surface area contributed by atoms with Crippen molar-refractivity contribution < 1.29 is 18.0 Å². The van der Waals surface area contributed by atoms with Gasteiger partial charge in [0, 0.05) is 6.04 Å². The maximum atomic E-state index is 11.6. The summed E-state index contributed by atoms with van der Waals surface area (Å²) in [7, 11) is 0. The van der Waals surface area contributed by atoms with Crippen LogP contribution in [0, 0.1) is 0 Å². The third-order valence-corrected chi connectivity index (χ3v) is 1.89. The molecule has 1 aliphatic carbocycles. The highest BCUT2D eigenvalue weighted by Gasteiger charge is 2.28. The molecular weight excluding hydrogens is 185 g/mol. The second-order valence-electron chi connectivity index (χ2n) is 3.07. The van der Waals surface area contributed by atoms with Crippen molar-refractivity contribution in [1.29, 1.82) is 0 Å². The molecule has 1 rings (SSSR count). The van der Waals surface area contributed by atoms with Gasteiger partial charge in [0.15, 0.2) is 0 Å². The van der Waals surface area contributed by atoms with Gasteiger partial charge in [0.1, 0.15) is 6.54 Å². The smallest absolute Gasteiger partial charge is 0.335 e. The Labute approximate surface area is 73.7 Å². The van der Waals surface area contributed by atoms with Crippen LogP contribution < -0.4 is 10.6 Å². The second-order valence-corrected chi connectivity index (χ2v) is 3.07. The van der Waals surface area contributed by atoms with Crippen LogP contribution in [0.3, 0.4) is 0 Å². The van der Waals surface area contributed by atoms with E-state index in [2.05, 4.69) is 5.32 Å². The summed E-state index contributed by atoms with van der Waals surface area (Å²) in [5, 5.41) is 4.19. The van der Waals surface area contributed by atoms with Gasteiger partial charge in [0.05, 0.1) is 0 Å². The Hall–Kier alpha value is -0.940. The predicted octanol–water partition coefficient (Wildman–Crippen LogP) is 1.40. The highest BCUT2D eigenvalue weighted by Crippen LogP contribution is 2.17. The number of amides is 2. The van der Waals surface area contributed by atoms with Crippen LogP contribution in [0.25, 0.3) is 0 Å². The first-order valence-corrected chi connectivity index (χ1v) is 4.08. The molecule has 2 amide bonds. The van der Waals surface area contributed by atoms with E-state index in [1.807, 2.05) is 0 Å². The summed E-state index contributed by atoms with van der Waals surface area (Å²) < 4.78 is 34.8. The lowest BCUT2D eigenvalue weighted by Gasteiger charge is -2.26. The van der Waals surface area contributed by atoms with Gasteiger partial charge in [-0.1, -0.05) is 0 Å². The summed E-state index contributed by atoms with van der Waals surface area (Å²) in [4.78, 5) is 10.8. The quantitative estimate of drug-likeness (QED) is 0.688. The highest BCUT2D eigenvalue weighted by atomic mass is 19.4. The van der Waals surface area contributed by atoms with E-state index in [-0.39, 0.29) is 6.04 Å². The molecule has 1 saturated carbocycles. The maximum Gasteiger partial charge on any atom is 0.405 e. The molecular formula is C7H11F3N2O. The number of halogens is 3. The van der Waals surface area contributed by atoms with Crippen LogP contribution in [0.5, 0.6) is 0 Å². The van der Waals surface area contributed by atoms with Gasteiger partial charge in [-0.05, 0) is 19.3 Å². The Morgan fingerprint density at radius 1 is 1.38 bits per heavy atom. The molecule has 6 heteroatoms. The van der Waals surface area contributed by atoms with Crippen molar-refractivity contribution in [3.05, 3.63) is 0 Å². The number of hydrogen-bond donors (Lipinski definition) is 2. The molecule has 0 atom stereocenters. The van der Waals surface area contributed by atoms with E-state index in [0.29, 0.717) is 0 Å². The average Bonchev–Trinajstić information content (AvgIpc) is 1.91. The van der Waals surface area contributed by atoms with E-state index in [1.165, 1.54) is 0 Å². The first-order valence-electron chi connectivity index (χ1n) is 4.08. The van der Waals surface area contributed by atoms with E-state index in [4.69, 9.17) is 0 Å². The number of carbonyl (C=O) groups is 1. The van der Waals surface area contributed by atoms with Gasteiger partial charge < -0.3 is 10.6 Å². The molecule has 2 N–H and O–H groups in total. The van der Waals surface area contributed by atoms with Gasteiger partial charge in [-0.3, -0.25) is 0 Å². The molecule has 0 saturated heterocycles. The van der Waals surface area contributed by atoms with Gasteiger partial charge in [-0.25, -0.2) is 4.79 Å². The number of rotatable bonds is 2. The Balaban J connectivity index is 2.10. The molecule has 0 radical (unpaired) electrons. The van der Waals surface area contributed by atoms with Crippen LogP contribution in [0.4, 0.5) is 18.0 Å². The standard InChI is InChI=1S/C7H11F3N2O/c8-7(9,10)4-11-6(13)12-5-2-1-3-5/h5H,1-4H2,(H2,11,12,13). The van der Waals surface area contributed by atoms with Crippen LogP contribution in [-0.4, -0.2) is 24.8 Å². The number of hydrogen-bond acceptors (Lipinski definition) is 1. The minimum atomic E-state index is -4.34. The van der Waals surface area contributed by atoms with Gasteiger partial charge in [-0.15, -0.1) is 0 Å². The minimum Gasteiger partial charge on any atom is -0.335 e. The first-order chi connectivity index (χ1) is 5.97. The molecule has 76 valence electrons. The van der Waals surface area contributed by atoms with Crippen LogP contribution in [-0.2, 0) is 0 Å².